The molecule has 0 bridgehead atoms. The van der Waals surface area contributed by atoms with Crippen molar-refractivity contribution in [2.45, 2.75) is 13.8 Å². The summed E-state index contributed by atoms with van der Waals surface area (Å²) < 4.78 is 0. The summed E-state index contributed by atoms with van der Waals surface area (Å²) in [6, 6.07) is 10.3. The van der Waals surface area contributed by atoms with Crippen molar-refractivity contribution in [2.24, 2.45) is 0 Å². The minimum atomic E-state index is -0.428. The van der Waals surface area contributed by atoms with Crippen LogP contribution in [0, 0.1) is 13.8 Å². The van der Waals surface area contributed by atoms with Crippen LogP contribution in [0.4, 0.5) is 5.69 Å². The van der Waals surface area contributed by atoms with E-state index in [1.807, 2.05) is 32.0 Å². The zero-order valence-electron chi connectivity index (χ0n) is 12.7. The maximum Gasteiger partial charge on any atom is 0.253 e. The second kappa shape index (κ2) is 7.49. The molecule has 120 valence electrons. The quantitative estimate of drug-likeness (QED) is 0.875. The minimum Gasteiger partial charge on any atom is -0.343 e. The lowest BCUT2D eigenvalue weighted by atomic mass is 10.1. The van der Waals surface area contributed by atoms with E-state index in [1.54, 1.807) is 6.07 Å². The molecule has 0 saturated heterocycles. The van der Waals surface area contributed by atoms with Crippen LogP contribution < -0.4 is 10.6 Å². The first-order valence-corrected chi connectivity index (χ1v) is 7.72. The molecule has 0 heterocycles. The van der Waals surface area contributed by atoms with Crippen LogP contribution in [-0.4, -0.2) is 18.4 Å². The number of amides is 2. The highest BCUT2D eigenvalue weighted by atomic mass is 35.5. The molecule has 0 aliphatic rings. The van der Waals surface area contributed by atoms with E-state index in [9.17, 15) is 9.59 Å². The second-order valence-electron chi connectivity index (χ2n) is 5.23. The van der Waals surface area contributed by atoms with Crippen LogP contribution in [0.5, 0.6) is 0 Å². The van der Waals surface area contributed by atoms with Gasteiger partial charge in [0.25, 0.3) is 5.91 Å². The molecule has 0 saturated carbocycles. The normalized spacial score (nSPS) is 10.3. The molecule has 2 aromatic carbocycles. The van der Waals surface area contributed by atoms with Gasteiger partial charge in [-0.25, -0.2) is 0 Å². The Balaban J connectivity index is 1.94. The van der Waals surface area contributed by atoms with Gasteiger partial charge in [0.1, 0.15) is 0 Å². The van der Waals surface area contributed by atoms with Crippen LogP contribution >= 0.6 is 23.2 Å². The topological polar surface area (TPSA) is 58.2 Å². The van der Waals surface area contributed by atoms with Gasteiger partial charge in [-0.1, -0.05) is 29.3 Å². The Bertz CT molecular complexity index is 740. The Morgan fingerprint density at radius 1 is 1.00 bits per heavy atom. The number of aryl methyl sites for hydroxylation is 2. The average molecular weight is 351 g/mol. The molecule has 0 radical (unpaired) electrons. The molecule has 0 aliphatic carbocycles. The highest BCUT2D eigenvalue weighted by Crippen LogP contribution is 2.20. The molecule has 2 amide bonds. The van der Waals surface area contributed by atoms with Gasteiger partial charge >= 0.3 is 0 Å². The third-order valence-electron chi connectivity index (χ3n) is 3.09. The third-order valence-corrected chi connectivity index (χ3v) is 3.64. The molecule has 0 fully saturated rings. The maximum atomic E-state index is 12.0. The van der Waals surface area contributed by atoms with E-state index < -0.39 is 5.91 Å². The monoisotopic (exact) mass is 350 g/mol. The van der Waals surface area contributed by atoms with Crippen molar-refractivity contribution in [3.05, 3.63) is 63.1 Å². The lowest BCUT2D eigenvalue weighted by molar-refractivity contribution is -0.115. The summed E-state index contributed by atoms with van der Waals surface area (Å²) in [4.78, 5) is 24.0. The molecule has 0 atom stereocenters. The molecule has 0 aromatic heterocycles. The van der Waals surface area contributed by atoms with E-state index in [-0.39, 0.29) is 23.0 Å². The van der Waals surface area contributed by atoms with E-state index >= 15 is 0 Å². The van der Waals surface area contributed by atoms with Crippen molar-refractivity contribution in [3.63, 3.8) is 0 Å². The van der Waals surface area contributed by atoms with Crippen molar-refractivity contribution >= 4 is 40.7 Å². The number of carbonyl (C=O) groups excluding carboxylic acids is 2. The molecular formula is C17H16Cl2N2O2. The molecular weight excluding hydrogens is 335 g/mol. The fourth-order valence-electron chi connectivity index (χ4n) is 2.18. The molecule has 2 aromatic rings. The minimum absolute atomic E-state index is 0.148. The maximum absolute atomic E-state index is 12.0. The molecule has 4 nitrogen and oxygen atoms in total. The van der Waals surface area contributed by atoms with Gasteiger partial charge in [-0.05, 0) is 55.3 Å². The summed E-state index contributed by atoms with van der Waals surface area (Å²) in [5.74, 6) is -0.740. The van der Waals surface area contributed by atoms with E-state index in [2.05, 4.69) is 10.6 Å². The van der Waals surface area contributed by atoms with Crippen LogP contribution in [0.1, 0.15) is 21.5 Å². The molecule has 0 aliphatic heterocycles. The third kappa shape index (κ3) is 4.98. The van der Waals surface area contributed by atoms with Crippen molar-refractivity contribution in [2.75, 3.05) is 11.9 Å². The summed E-state index contributed by atoms with van der Waals surface area (Å²) in [6.07, 6.45) is 0. The Kier molecular flexibility index (Phi) is 5.64. The number of rotatable bonds is 4. The zero-order chi connectivity index (χ0) is 17.0. The van der Waals surface area contributed by atoms with Gasteiger partial charge in [-0.3, -0.25) is 9.59 Å². The highest BCUT2D eigenvalue weighted by molar-refractivity contribution is 6.36. The zero-order valence-corrected chi connectivity index (χ0v) is 14.3. The summed E-state index contributed by atoms with van der Waals surface area (Å²) in [7, 11) is 0. The Morgan fingerprint density at radius 3 is 2.26 bits per heavy atom. The largest absolute Gasteiger partial charge is 0.343 e. The van der Waals surface area contributed by atoms with Crippen LogP contribution in [0.25, 0.3) is 0 Å². The number of halogens is 2. The van der Waals surface area contributed by atoms with Crippen molar-refractivity contribution < 1.29 is 9.59 Å². The molecule has 2 N–H and O–H groups in total. The molecule has 2 rings (SSSR count). The first-order chi connectivity index (χ1) is 10.8. The standard InChI is InChI=1S/C17H16Cl2N2O2/c1-10-5-11(2)7-13(6-10)21-16(22)9-20-17(23)14-4-3-12(18)8-15(14)19/h3-8H,9H2,1-2H3,(H,20,23)(H,21,22). The Morgan fingerprint density at radius 2 is 1.65 bits per heavy atom. The number of carbonyl (C=O) groups is 2. The van der Waals surface area contributed by atoms with Gasteiger partial charge in [0.05, 0.1) is 17.1 Å². The Labute approximate surface area is 144 Å². The summed E-state index contributed by atoms with van der Waals surface area (Å²) >= 11 is 11.7. The fourth-order valence-corrected chi connectivity index (χ4v) is 2.68. The van der Waals surface area contributed by atoms with E-state index in [4.69, 9.17) is 23.2 Å². The smallest absolute Gasteiger partial charge is 0.253 e. The molecule has 6 heteroatoms. The second-order valence-corrected chi connectivity index (χ2v) is 6.08. The number of hydrogen-bond donors (Lipinski definition) is 2. The molecule has 0 unspecified atom stereocenters. The van der Waals surface area contributed by atoms with Gasteiger partial charge in [0.2, 0.25) is 5.91 Å². The summed E-state index contributed by atoms with van der Waals surface area (Å²) in [5.41, 5.74) is 3.08. The van der Waals surface area contributed by atoms with Gasteiger partial charge in [-0.15, -0.1) is 0 Å². The van der Waals surface area contributed by atoms with Crippen molar-refractivity contribution in [1.29, 1.82) is 0 Å². The van der Waals surface area contributed by atoms with Crippen LogP contribution in [-0.2, 0) is 4.79 Å². The number of anilines is 1. The molecule has 0 spiro atoms. The lowest BCUT2D eigenvalue weighted by Gasteiger charge is -2.09. The Hall–Kier alpha value is -2.04. The van der Waals surface area contributed by atoms with Crippen molar-refractivity contribution in [3.8, 4) is 0 Å². The number of hydrogen-bond acceptors (Lipinski definition) is 2. The van der Waals surface area contributed by atoms with Crippen LogP contribution in [0.2, 0.25) is 10.0 Å². The van der Waals surface area contributed by atoms with Gasteiger partial charge < -0.3 is 10.6 Å². The van der Waals surface area contributed by atoms with Crippen LogP contribution in [0.15, 0.2) is 36.4 Å². The summed E-state index contributed by atoms with van der Waals surface area (Å²) in [6.45, 7) is 3.75. The predicted molar refractivity (Wildman–Crippen MR) is 93.3 cm³/mol. The van der Waals surface area contributed by atoms with E-state index in [1.165, 1.54) is 12.1 Å². The first-order valence-electron chi connectivity index (χ1n) is 6.96. The molecule has 23 heavy (non-hydrogen) atoms. The van der Waals surface area contributed by atoms with Gasteiger partial charge in [-0.2, -0.15) is 0 Å². The predicted octanol–water partition coefficient (Wildman–Crippen LogP) is 3.98. The average Bonchev–Trinajstić information content (AvgIpc) is 2.43. The SMILES string of the molecule is Cc1cc(C)cc(NC(=O)CNC(=O)c2ccc(Cl)cc2Cl)c1. The highest BCUT2D eigenvalue weighted by Gasteiger charge is 2.12. The fraction of sp³-hybridized carbons (Fsp3) is 0.176. The lowest BCUT2D eigenvalue weighted by Crippen LogP contribution is -2.33. The number of nitrogens with one attached hydrogen (secondary N) is 2. The summed E-state index contributed by atoms with van der Waals surface area (Å²) in [5, 5.41) is 5.96. The van der Waals surface area contributed by atoms with E-state index in [0.717, 1.165) is 11.1 Å². The van der Waals surface area contributed by atoms with Gasteiger partial charge in [0.15, 0.2) is 0 Å². The van der Waals surface area contributed by atoms with E-state index in [0.29, 0.717) is 10.7 Å². The first kappa shape index (κ1) is 17.3. The van der Waals surface area contributed by atoms with Crippen LogP contribution in [0.3, 0.4) is 0 Å². The number of benzene rings is 2. The van der Waals surface area contributed by atoms with Crippen molar-refractivity contribution in [1.82, 2.24) is 5.32 Å². The van der Waals surface area contributed by atoms with Gasteiger partial charge in [0, 0.05) is 10.7 Å².